The predicted octanol–water partition coefficient (Wildman–Crippen LogP) is 4.90. The summed E-state index contributed by atoms with van der Waals surface area (Å²) in [5.74, 6) is 0.877. The molecule has 0 aliphatic rings. The highest BCUT2D eigenvalue weighted by Crippen LogP contribution is 2.34. The second kappa shape index (κ2) is 7.19. The summed E-state index contributed by atoms with van der Waals surface area (Å²) >= 11 is 7.62. The van der Waals surface area contributed by atoms with Crippen LogP contribution in [0.5, 0.6) is 0 Å². The maximum Gasteiger partial charge on any atom is 0.190 e. The highest BCUT2D eigenvalue weighted by Gasteiger charge is 2.13. The third kappa shape index (κ3) is 4.04. The number of anilines is 2. The van der Waals surface area contributed by atoms with E-state index in [-0.39, 0.29) is 11.1 Å². The zero-order chi connectivity index (χ0) is 17.1. The Hall–Kier alpha value is -2.12. The summed E-state index contributed by atoms with van der Waals surface area (Å²) in [6.45, 7) is 3.92. The molecule has 2 aromatic heterocycles. The average molecular weight is 364 g/mol. The Bertz CT molecular complexity index is 837. The SMILES string of the molecule is Cc1cc(Nc2nc(S[C@H](C)c3ccc(F)cc3)ncc2Cl)n[nH]1. The Morgan fingerprint density at radius 2 is 2.04 bits per heavy atom. The fourth-order valence-corrected chi connectivity index (χ4v) is 3.06. The van der Waals surface area contributed by atoms with E-state index >= 15 is 0 Å². The molecule has 0 radical (unpaired) electrons. The van der Waals surface area contributed by atoms with E-state index in [0.29, 0.717) is 21.8 Å². The van der Waals surface area contributed by atoms with Crippen LogP contribution in [0, 0.1) is 12.7 Å². The van der Waals surface area contributed by atoms with Crippen LogP contribution in [0.2, 0.25) is 5.02 Å². The Morgan fingerprint density at radius 3 is 2.71 bits per heavy atom. The van der Waals surface area contributed by atoms with Crippen LogP contribution in [0.15, 0.2) is 41.7 Å². The lowest BCUT2D eigenvalue weighted by Gasteiger charge is -2.12. The number of aromatic nitrogens is 4. The minimum Gasteiger partial charge on any atom is -0.322 e. The van der Waals surface area contributed by atoms with Gasteiger partial charge in [-0.1, -0.05) is 35.5 Å². The van der Waals surface area contributed by atoms with Crippen molar-refractivity contribution in [3.05, 3.63) is 58.6 Å². The van der Waals surface area contributed by atoms with Crippen molar-refractivity contribution in [3.63, 3.8) is 0 Å². The molecule has 0 fully saturated rings. The van der Waals surface area contributed by atoms with Crippen LogP contribution in [-0.4, -0.2) is 20.2 Å². The number of aryl methyl sites for hydroxylation is 1. The molecule has 0 amide bonds. The number of nitrogens with one attached hydrogen (secondary N) is 2. The molecule has 5 nitrogen and oxygen atoms in total. The first-order chi connectivity index (χ1) is 11.5. The molecule has 3 aromatic rings. The molecule has 2 heterocycles. The lowest BCUT2D eigenvalue weighted by atomic mass is 10.2. The minimum atomic E-state index is -0.250. The van der Waals surface area contributed by atoms with E-state index in [1.807, 2.05) is 19.9 Å². The van der Waals surface area contributed by atoms with Gasteiger partial charge in [-0.3, -0.25) is 5.10 Å². The van der Waals surface area contributed by atoms with Gasteiger partial charge in [-0.15, -0.1) is 0 Å². The third-order valence-corrected chi connectivity index (χ3v) is 4.61. The van der Waals surface area contributed by atoms with E-state index in [1.165, 1.54) is 23.9 Å². The van der Waals surface area contributed by atoms with Crippen molar-refractivity contribution >= 4 is 35.0 Å². The van der Waals surface area contributed by atoms with Gasteiger partial charge in [0.25, 0.3) is 0 Å². The van der Waals surface area contributed by atoms with Gasteiger partial charge in [0.1, 0.15) is 10.8 Å². The molecule has 8 heteroatoms. The summed E-state index contributed by atoms with van der Waals surface area (Å²) in [6.07, 6.45) is 1.55. The van der Waals surface area contributed by atoms with Crippen LogP contribution in [0.1, 0.15) is 23.4 Å². The Kier molecular flexibility index (Phi) is 5.01. The van der Waals surface area contributed by atoms with Crippen molar-refractivity contribution in [1.29, 1.82) is 0 Å². The minimum absolute atomic E-state index is 0.0762. The molecule has 2 N–H and O–H groups in total. The molecular formula is C16H15ClFN5S. The van der Waals surface area contributed by atoms with E-state index in [2.05, 4.69) is 25.5 Å². The lowest BCUT2D eigenvalue weighted by Crippen LogP contribution is -1.99. The molecule has 1 aromatic carbocycles. The first-order valence-electron chi connectivity index (χ1n) is 7.25. The number of thioether (sulfide) groups is 1. The maximum absolute atomic E-state index is 13.0. The molecule has 0 unspecified atom stereocenters. The Balaban J connectivity index is 1.76. The first kappa shape index (κ1) is 16.7. The Labute approximate surface area is 148 Å². The Morgan fingerprint density at radius 1 is 1.29 bits per heavy atom. The second-order valence-corrected chi connectivity index (χ2v) is 6.94. The van der Waals surface area contributed by atoms with Crippen molar-refractivity contribution in [2.24, 2.45) is 0 Å². The van der Waals surface area contributed by atoms with Crippen molar-refractivity contribution in [1.82, 2.24) is 20.2 Å². The van der Waals surface area contributed by atoms with Gasteiger partial charge in [0.05, 0.1) is 6.20 Å². The molecule has 0 saturated heterocycles. The molecule has 24 heavy (non-hydrogen) atoms. The summed E-state index contributed by atoms with van der Waals surface area (Å²) in [5.41, 5.74) is 1.93. The molecule has 0 spiro atoms. The number of nitrogens with zero attached hydrogens (tertiary/aromatic N) is 3. The molecule has 124 valence electrons. The van der Waals surface area contributed by atoms with E-state index in [0.717, 1.165) is 11.3 Å². The fraction of sp³-hybridized carbons (Fsp3) is 0.188. The van der Waals surface area contributed by atoms with E-state index in [4.69, 9.17) is 11.6 Å². The molecule has 0 bridgehead atoms. The quantitative estimate of drug-likeness (QED) is 0.498. The van der Waals surface area contributed by atoms with Gasteiger partial charge in [-0.05, 0) is 31.5 Å². The number of hydrogen-bond acceptors (Lipinski definition) is 5. The van der Waals surface area contributed by atoms with Crippen LogP contribution in [-0.2, 0) is 0 Å². The van der Waals surface area contributed by atoms with Gasteiger partial charge in [0, 0.05) is 17.0 Å². The highest BCUT2D eigenvalue weighted by molar-refractivity contribution is 7.99. The fourth-order valence-electron chi connectivity index (χ4n) is 2.06. The summed E-state index contributed by atoms with van der Waals surface area (Å²) < 4.78 is 13.0. The molecule has 0 aliphatic carbocycles. The highest BCUT2D eigenvalue weighted by atomic mass is 35.5. The number of halogens is 2. The maximum atomic E-state index is 13.0. The topological polar surface area (TPSA) is 66.5 Å². The average Bonchev–Trinajstić information content (AvgIpc) is 2.96. The normalized spacial score (nSPS) is 12.2. The van der Waals surface area contributed by atoms with Crippen LogP contribution in [0.4, 0.5) is 16.0 Å². The summed E-state index contributed by atoms with van der Waals surface area (Å²) in [4.78, 5) is 8.69. The van der Waals surface area contributed by atoms with Crippen molar-refractivity contribution in [3.8, 4) is 0 Å². The molecule has 0 aliphatic heterocycles. The smallest absolute Gasteiger partial charge is 0.190 e. The molecule has 0 saturated carbocycles. The van der Waals surface area contributed by atoms with Gasteiger partial charge in [-0.25, -0.2) is 14.4 Å². The number of rotatable bonds is 5. The summed E-state index contributed by atoms with van der Waals surface area (Å²) in [7, 11) is 0. The number of benzene rings is 1. The van der Waals surface area contributed by atoms with E-state index < -0.39 is 0 Å². The van der Waals surface area contributed by atoms with Crippen LogP contribution in [0.25, 0.3) is 0 Å². The third-order valence-electron chi connectivity index (χ3n) is 3.30. The number of hydrogen-bond donors (Lipinski definition) is 2. The zero-order valence-corrected chi connectivity index (χ0v) is 14.6. The summed E-state index contributed by atoms with van der Waals surface area (Å²) in [5, 5.41) is 11.1. The molecule has 3 rings (SSSR count). The standard InChI is InChI=1S/C16H15ClFN5S/c1-9-7-14(23-22-9)20-15-13(17)8-19-16(21-15)24-10(2)11-3-5-12(18)6-4-11/h3-8,10H,1-2H3,(H2,19,20,21,22,23)/t10-/m1/s1. The van der Waals surface area contributed by atoms with Crippen LogP contribution in [0.3, 0.4) is 0 Å². The zero-order valence-electron chi connectivity index (χ0n) is 13.0. The van der Waals surface area contributed by atoms with Gasteiger partial charge in [0.2, 0.25) is 0 Å². The van der Waals surface area contributed by atoms with Crippen LogP contribution < -0.4 is 5.32 Å². The van der Waals surface area contributed by atoms with E-state index in [1.54, 1.807) is 18.3 Å². The molecular weight excluding hydrogens is 349 g/mol. The largest absolute Gasteiger partial charge is 0.322 e. The first-order valence-corrected chi connectivity index (χ1v) is 8.51. The predicted molar refractivity (Wildman–Crippen MR) is 94.3 cm³/mol. The number of aromatic amines is 1. The number of H-pyrrole nitrogens is 1. The van der Waals surface area contributed by atoms with Crippen molar-refractivity contribution in [2.75, 3.05) is 5.32 Å². The van der Waals surface area contributed by atoms with Gasteiger partial charge in [0.15, 0.2) is 16.8 Å². The summed E-state index contributed by atoms with van der Waals surface area (Å²) in [6, 6.07) is 8.26. The second-order valence-electron chi connectivity index (χ2n) is 5.22. The van der Waals surface area contributed by atoms with Gasteiger partial charge < -0.3 is 5.32 Å². The van der Waals surface area contributed by atoms with E-state index in [9.17, 15) is 4.39 Å². The van der Waals surface area contributed by atoms with Gasteiger partial charge in [-0.2, -0.15) is 5.10 Å². The lowest BCUT2D eigenvalue weighted by molar-refractivity contribution is 0.627. The van der Waals surface area contributed by atoms with Gasteiger partial charge >= 0.3 is 0 Å². The van der Waals surface area contributed by atoms with Crippen molar-refractivity contribution < 1.29 is 4.39 Å². The van der Waals surface area contributed by atoms with Crippen molar-refractivity contribution in [2.45, 2.75) is 24.3 Å². The molecule has 1 atom stereocenters. The monoisotopic (exact) mass is 363 g/mol. The van der Waals surface area contributed by atoms with Crippen LogP contribution >= 0.6 is 23.4 Å².